The Balaban J connectivity index is 1.97. The molecule has 0 bridgehead atoms. The highest BCUT2D eigenvalue weighted by Crippen LogP contribution is 2.48. The fraction of sp³-hybridized carbons (Fsp3) is 0.200. The number of ketones is 1. The number of rotatable bonds is 3. The second-order valence-electron chi connectivity index (χ2n) is 6.85. The number of nitro groups is 1. The zero-order chi connectivity index (χ0) is 21.6. The molecule has 30 heavy (non-hydrogen) atoms. The van der Waals surface area contributed by atoms with Crippen LogP contribution in [0.3, 0.4) is 0 Å². The topological polar surface area (TPSA) is 113 Å². The Bertz CT molecular complexity index is 1200. The predicted molar refractivity (Wildman–Crippen MR) is 118 cm³/mol. The summed E-state index contributed by atoms with van der Waals surface area (Å²) < 4.78 is 0.884. The van der Waals surface area contributed by atoms with E-state index >= 15 is 0 Å². The first-order valence-corrected chi connectivity index (χ1v) is 11.0. The van der Waals surface area contributed by atoms with Crippen molar-refractivity contribution in [1.29, 1.82) is 5.26 Å². The molecule has 2 heterocycles. The molecule has 0 radical (unpaired) electrons. The highest BCUT2D eigenvalue weighted by atomic mass is 79.9. The molecule has 2 N–H and O–H groups in total. The molecule has 1 aromatic carbocycles. The van der Waals surface area contributed by atoms with Gasteiger partial charge in [-0.05, 0) is 53.0 Å². The van der Waals surface area contributed by atoms with Crippen LogP contribution < -0.4 is 10.6 Å². The number of carbonyl (C=O) groups is 1. The first-order valence-electron chi connectivity index (χ1n) is 8.98. The molecule has 1 aromatic heterocycles. The minimum Gasteiger partial charge on any atom is -0.384 e. The van der Waals surface area contributed by atoms with Crippen molar-refractivity contribution in [1.82, 2.24) is 0 Å². The van der Waals surface area contributed by atoms with E-state index in [9.17, 15) is 20.2 Å². The van der Waals surface area contributed by atoms with Crippen molar-refractivity contribution < 1.29 is 9.72 Å². The van der Waals surface area contributed by atoms with Gasteiger partial charge in [-0.25, -0.2) is 0 Å². The van der Waals surface area contributed by atoms with Gasteiger partial charge in [0, 0.05) is 28.6 Å². The molecule has 0 amide bonds. The van der Waals surface area contributed by atoms with E-state index in [-0.39, 0.29) is 27.9 Å². The average molecular weight is 506 g/mol. The van der Waals surface area contributed by atoms with Crippen molar-refractivity contribution in [3.05, 3.63) is 76.8 Å². The van der Waals surface area contributed by atoms with Crippen molar-refractivity contribution in [3.8, 4) is 6.07 Å². The van der Waals surface area contributed by atoms with Gasteiger partial charge in [0.25, 0.3) is 5.69 Å². The number of hydrogen-bond donors (Lipinski definition) is 1. The number of nitro benzene ring substituents is 1. The molecule has 2 aromatic rings. The van der Waals surface area contributed by atoms with Gasteiger partial charge in [0.05, 0.1) is 32.0 Å². The van der Waals surface area contributed by atoms with Crippen molar-refractivity contribution in [2.75, 3.05) is 4.90 Å². The molecule has 7 nitrogen and oxygen atoms in total. The summed E-state index contributed by atoms with van der Waals surface area (Å²) in [6.45, 7) is 0. The molecule has 152 valence electrons. The third kappa shape index (κ3) is 3.31. The number of allylic oxidation sites excluding steroid dienone is 3. The average Bonchev–Trinajstić information content (AvgIpc) is 3.14. The van der Waals surface area contributed by atoms with Crippen LogP contribution in [0, 0.1) is 21.4 Å². The smallest absolute Gasteiger partial charge is 0.289 e. The molecule has 1 atom stereocenters. The Kier molecular flexibility index (Phi) is 5.40. The van der Waals surface area contributed by atoms with E-state index in [0.717, 1.165) is 8.66 Å². The summed E-state index contributed by atoms with van der Waals surface area (Å²) >= 11 is 10.8. The van der Waals surface area contributed by atoms with Crippen LogP contribution in [0.1, 0.15) is 30.1 Å². The van der Waals surface area contributed by atoms with Gasteiger partial charge in [-0.3, -0.25) is 19.8 Å². The molecule has 1 aliphatic carbocycles. The number of anilines is 1. The second kappa shape index (κ2) is 7.87. The number of Topliss-reactive ketones (excluding diaryl/α,β-unsaturated/α-hetero) is 1. The van der Waals surface area contributed by atoms with Crippen molar-refractivity contribution in [2.24, 2.45) is 5.73 Å². The number of nitrogens with two attached hydrogens (primary N) is 1. The molecule has 10 heteroatoms. The number of nitriles is 1. The van der Waals surface area contributed by atoms with E-state index < -0.39 is 10.8 Å². The maximum atomic E-state index is 13.0. The lowest BCUT2D eigenvalue weighted by Crippen LogP contribution is -2.38. The number of nitrogens with zero attached hydrogens (tertiary/aromatic N) is 3. The molecule has 0 fully saturated rings. The summed E-state index contributed by atoms with van der Waals surface area (Å²) in [5.74, 6) is -0.427. The Morgan fingerprint density at radius 3 is 2.73 bits per heavy atom. The van der Waals surface area contributed by atoms with Gasteiger partial charge < -0.3 is 5.73 Å². The first-order chi connectivity index (χ1) is 14.3. The highest BCUT2D eigenvalue weighted by Gasteiger charge is 2.41. The number of hydrogen-bond acceptors (Lipinski definition) is 7. The quantitative estimate of drug-likeness (QED) is 0.443. The zero-order valence-corrected chi connectivity index (χ0v) is 18.6. The molecule has 1 unspecified atom stereocenters. The molecule has 0 saturated carbocycles. The van der Waals surface area contributed by atoms with Gasteiger partial charge >= 0.3 is 0 Å². The minimum absolute atomic E-state index is 0.000877. The van der Waals surface area contributed by atoms with E-state index in [4.69, 9.17) is 17.3 Å². The van der Waals surface area contributed by atoms with Gasteiger partial charge in [-0.15, -0.1) is 11.3 Å². The lowest BCUT2D eigenvalue weighted by Gasteiger charge is -2.39. The van der Waals surface area contributed by atoms with E-state index in [1.54, 1.807) is 11.0 Å². The second-order valence-corrected chi connectivity index (χ2v) is 9.75. The molecule has 4 rings (SSSR count). The highest BCUT2D eigenvalue weighted by molar-refractivity contribution is 9.11. The molecule has 0 spiro atoms. The summed E-state index contributed by atoms with van der Waals surface area (Å²) in [6.07, 6.45) is 1.59. The van der Waals surface area contributed by atoms with Crippen LogP contribution in [-0.2, 0) is 4.79 Å². The zero-order valence-electron chi connectivity index (χ0n) is 15.4. The summed E-state index contributed by atoms with van der Waals surface area (Å²) in [7, 11) is 0. The third-order valence-corrected chi connectivity index (χ3v) is 7.18. The van der Waals surface area contributed by atoms with Gasteiger partial charge in [0.2, 0.25) is 0 Å². The monoisotopic (exact) mass is 504 g/mol. The van der Waals surface area contributed by atoms with Crippen LogP contribution in [0.5, 0.6) is 0 Å². The van der Waals surface area contributed by atoms with Crippen LogP contribution >= 0.6 is 38.9 Å². The van der Waals surface area contributed by atoms with Gasteiger partial charge in [-0.1, -0.05) is 11.6 Å². The minimum atomic E-state index is -0.575. The van der Waals surface area contributed by atoms with Crippen LogP contribution in [0.4, 0.5) is 11.4 Å². The van der Waals surface area contributed by atoms with Crippen LogP contribution in [0.2, 0.25) is 5.02 Å². The van der Waals surface area contributed by atoms with Crippen molar-refractivity contribution in [2.45, 2.75) is 25.2 Å². The number of thiophene rings is 1. The SMILES string of the molecule is N#CC1=C(N)N(c2ccc(Cl)c([N+](=O)[O-])c2)C2=C(C(=O)CCC2)C1c1ccc(Br)s1. The van der Waals surface area contributed by atoms with Gasteiger partial charge in [-0.2, -0.15) is 5.26 Å². The van der Waals surface area contributed by atoms with Crippen molar-refractivity contribution >= 4 is 56.0 Å². The summed E-state index contributed by atoms with van der Waals surface area (Å²) in [5, 5.41) is 21.3. The largest absolute Gasteiger partial charge is 0.384 e. The number of carbonyl (C=O) groups excluding carboxylic acids is 1. The van der Waals surface area contributed by atoms with E-state index in [2.05, 4.69) is 22.0 Å². The summed E-state index contributed by atoms with van der Waals surface area (Å²) in [6, 6.07) is 10.2. The summed E-state index contributed by atoms with van der Waals surface area (Å²) in [5.41, 5.74) is 8.02. The van der Waals surface area contributed by atoms with Crippen LogP contribution in [0.15, 0.2) is 56.8 Å². The fourth-order valence-corrected chi connectivity index (χ4v) is 5.66. The molecule has 0 saturated heterocycles. The maximum Gasteiger partial charge on any atom is 0.289 e. The third-order valence-electron chi connectivity index (χ3n) is 5.18. The lowest BCUT2D eigenvalue weighted by molar-refractivity contribution is -0.384. The summed E-state index contributed by atoms with van der Waals surface area (Å²) in [4.78, 5) is 26.2. The first kappa shape index (κ1) is 20.6. The standard InChI is InChI=1S/C20H14BrClN4O3S/c21-17-7-6-16(30-17)18-11(9-23)20(24)25(13-2-1-3-15(27)19(13)18)10-4-5-12(22)14(8-10)26(28)29/h4-8,18H,1-3,24H2. The number of benzene rings is 1. The van der Waals surface area contributed by atoms with E-state index in [0.29, 0.717) is 36.2 Å². The van der Waals surface area contributed by atoms with Gasteiger partial charge in [0.15, 0.2) is 5.78 Å². The van der Waals surface area contributed by atoms with Crippen molar-refractivity contribution in [3.63, 3.8) is 0 Å². The number of halogens is 2. The Hall–Kier alpha value is -2.67. The van der Waals surface area contributed by atoms with Crippen LogP contribution in [-0.4, -0.2) is 10.7 Å². The maximum absolute atomic E-state index is 13.0. The van der Waals surface area contributed by atoms with Crippen LogP contribution in [0.25, 0.3) is 0 Å². The Morgan fingerprint density at radius 2 is 2.10 bits per heavy atom. The van der Waals surface area contributed by atoms with E-state index in [1.165, 1.54) is 23.5 Å². The molecular weight excluding hydrogens is 492 g/mol. The fourth-order valence-electron chi connectivity index (χ4n) is 3.93. The molecular formula is C20H14BrClN4O3S. The molecule has 2 aliphatic rings. The Labute approximate surface area is 189 Å². The van der Waals surface area contributed by atoms with E-state index in [1.807, 2.05) is 12.1 Å². The molecule has 1 aliphatic heterocycles. The Morgan fingerprint density at radius 1 is 1.33 bits per heavy atom. The van der Waals surface area contributed by atoms with Gasteiger partial charge in [0.1, 0.15) is 10.8 Å². The predicted octanol–water partition coefficient (Wildman–Crippen LogP) is 5.38. The normalized spacial score (nSPS) is 19.0. The lowest BCUT2D eigenvalue weighted by atomic mass is 9.78.